The average molecular weight is 249 g/mol. The van der Waals surface area contributed by atoms with Crippen molar-refractivity contribution in [3.8, 4) is 5.75 Å². The first-order valence-corrected chi connectivity index (χ1v) is 6.67. The van der Waals surface area contributed by atoms with Crippen LogP contribution in [0.15, 0.2) is 12.1 Å². The van der Waals surface area contributed by atoms with E-state index in [1.165, 1.54) is 0 Å². The number of aliphatic hydroxyl groups is 1. The molecule has 1 unspecified atom stereocenters. The number of benzene rings is 1. The summed E-state index contributed by atoms with van der Waals surface area (Å²) in [6.07, 6.45) is 1.75. The zero-order chi connectivity index (χ0) is 13.1. The zero-order valence-electron chi connectivity index (χ0n) is 11.5. The molecule has 1 heterocycles. The summed E-state index contributed by atoms with van der Waals surface area (Å²) in [5.74, 6) is 1.24. The minimum Gasteiger partial charge on any atom is -0.497 e. The minimum absolute atomic E-state index is 0.349. The Morgan fingerprint density at radius 1 is 1.22 bits per heavy atom. The minimum atomic E-state index is -0.349. The van der Waals surface area contributed by atoms with E-state index >= 15 is 0 Å². The van der Waals surface area contributed by atoms with Crippen LogP contribution in [0.4, 0.5) is 0 Å². The standard InChI is InChI=1S/C15H23NO2/c1-10-8-13(18-3)9-11(2)14(10)15(17)12-4-6-16-7-5-12/h8-9,12,15-17H,4-7H2,1-3H3. The molecule has 2 rings (SSSR count). The number of aliphatic hydroxyl groups excluding tert-OH is 1. The predicted octanol–water partition coefficient (Wildman–Crippen LogP) is 2.35. The molecule has 1 atom stereocenters. The summed E-state index contributed by atoms with van der Waals surface area (Å²) >= 11 is 0. The Hall–Kier alpha value is -1.06. The number of hydrogen-bond acceptors (Lipinski definition) is 3. The van der Waals surface area contributed by atoms with Gasteiger partial charge in [-0.2, -0.15) is 0 Å². The maximum absolute atomic E-state index is 10.6. The number of hydrogen-bond donors (Lipinski definition) is 2. The van der Waals surface area contributed by atoms with E-state index in [1.54, 1.807) is 7.11 Å². The lowest BCUT2D eigenvalue weighted by Crippen LogP contribution is -2.31. The van der Waals surface area contributed by atoms with E-state index < -0.39 is 0 Å². The third-order valence-electron chi connectivity index (χ3n) is 3.93. The van der Waals surface area contributed by atoms with Crippen molar-refractivity contribution in [1.82, 2.24) is 5.32 Å². The molecular formula is C15H23NO2. The first-order valence-electron chi connectivity index (χ1n) is 6.67. The highest BCUT2D eigenvalue weighted by molar-refractivity contribution is 5.42. The summed E-state index contributed by atoms with van der Waals surface area (Å²) < 4.78 is 5.26. The van der Waals surface area contributed by atoms with Gasteiger partial charge in [-0.25, -0.2) is 0 Å². The highest BCUT2D eigenvalue weighted by Crippen LogP contribution is 2.34. The van der Waals surface area contributed by atoms with Gasteiger partial charge in [0.1, 0.15) is 5.75 Å². The molecule has 1 aromatic carbocycles. The van der Waals surface area contributed by atoms with E-state index in [9.17, 15) is 5.11 Å². The van der Waals surface area contributed by atoms with Crippen LogP contribution in [0.5, 0.6) is 5.75 Å². The Morgan fingerprint density at radius 2 is 1.78 bits per heavy atom. The van der Waals surface area contributed by atoms with Gasteiger partial charge in [-0.3, -0.25) is 0 Å². The van der Waals surface area contributed by atoms with Crippen LogP contribution in [0.3, 0.4) is 0 Å². The van der Waals surface area contributed by atoms with Gasteiger partial charge in [0.2, 0.25) is 0 Å². The molecule has 0 amide bonds. The molecular weight excluding hydrogens is 226 g/mol. The molecule has 0 saturated carbocycles. The summed E-state index contributed by atoms with van der Waals surface area (Å²) in [6, 6.07) is 4.01. The number of aryl methyl sites for hydroxylation is 2. The molecule has 1 saturated heterocycles. The summed E-state index contributed by atoms with van der Waals surface area (Å²) in [7, 11) is 1.68. The van der Waals surface area contributed by atoms with Crippen LogP contribution in [-0.4, -0.2) is 25.3 Å². The Bertz CT molecular complexity index is 388. The zero-order valence-corrected chi connectivity index (χ0v) is 11.5. The first-order chi connectivity index (χ1) is 8.63. The molecule has 100 valence electrons. The van der Waals surface area contributed by atoms with E-state index in [1.807, 2.05) is 12.1 Å². The van der Waals surface area contributed by atoms with Crippen molar-refractivity contribution in [2.24, 2.45) is 5.92 Å². The van der Waals surface area contributed by atoms with Gasteiger partial charge in [-0.1, -0.05) is 0 Å². The molecule has 0 bridgehead atoms. The summed E-state index contributed by atoms with van der Waals surface area (Å²) in [5, 5.41) is 13.9. The maximum atomic E-state index is 10.6. The normalized spacial score (nSPS) is 18.7. The molecule has 3 heteroatoms. The Labute approximate surface area is 109 Å². The van der Waals surface area contributed by atoms with Gasteiger partial charge >= 0.3 is 0 Å². The Morgan fingerprint density at radius 3 is 2.28 bits per heavy atom. The molecule has 0 radical (unpaired) electrons. The molecule has 0 aliphatic carbocycles. The molecule has 1 aliphatic rings. The lowest BCUT2D eigenvalue weighted by atomic mass is 9.84. The summed E-state index contributed by atoms with van der Waals surface area (Å²) in [4.78, 5) is 0. The van der Waals surface area contributed by atoms with E-state index in [0.717, 1.165) is 48.4 Å². The average Bonchev–Trinajstić information content (AvgIpc) is 2.38. The third-order valence-corrected chi connectivity index (χ3v) is 3.93. The summed E-state index contributed by atoms with van der Waals surface area (Å²) in [5.41, 5.74) is 3.33. The molecule has 3 nitrogen and oxygen atoms in total. The quantitative estimate of drug-likeness (QED) is 0.864. The fraction of sp³-hybridized carbons (Fsp3) is 0.600. The second kappa shape index (κ2) is 5.72. The Kier molecular flexibility index (Phi) is 4.25. The van der Waals surface area contributed by atoms with Crippen molar-refractivity contribution < 1.29 is 9.84 Å². The van der Waals surface area contributed by atoms with Crippen molar-refractivity contribution in [3.05, 3.63) is 28.8 Å². The monoisotopic (exact) mass is 249 g/mol. The second-order valence-corrected chi connectivity index (χ2v) is 5.21. The fourth-order valence-corrected chi connectivity index (χ4v) is 2.92. The lowest BCUT2D eigenvalue weighted by Gasteiger charge is -2.29. The second-order valence-electron chi connectivity index (χ2n) is 5.21. The molecule has 0 aromatic heterocycles. The van der Waals surface area contributed by atoms with E-state index in [0.29, 0.717) is 5.92 Å². The largest absolute Gasteiger partial charge is 0.497 e. The first kappa shape index (κ1) is 13.4. The maximum Gasteiger partial charge on any atom is 0.119 e. The van der Waals surface area contributed by atoms with Gasteiger partial charge in [0.15, 0.2) is 0 Å². The van der Waals surface area contributed by atoms with E-state index in [4.69, 9.17) is 4.74 Å². The molecule has 2 N–H and O–H groups in total. The number of nitrogens with one attached hydrogen (secondary N) is 1. The van der Waals surface area contributed by atoms with E-state index in [2.05, 4.69) is 19.2 Å². The van der Waals surface area contributed by atoms with Gasteiger partial charge < -0.3 is 15.2 Å². The molecule has 18 heavy (non-hydrogen) atoms. The van der Waals surface area contributed by atoms with Crippen LogP contribution in [0.2, 0.25) is 0 Å². The molecule has 1 aromatic rings. The van der Waals surface area contributed by atoms with Crippen LogP contribution >= 0.6 is 0 Å². The predicted molar refractivity (Wildman–Crippen MR) is 73.0 cm³/mol. The smallest absolute Gasteiger partial charge is 0.119 e. The van der Waals surface area contributed by atoms with Gasteiger partial charge in [-0.05, 0) is 74.5 Å². The fourth-order valence-electron chi connectivity index (χ4n) is 2.92. The van der Waals surface area contributed by atoms with Gasteiger partial charge in [-0.15, -0.1) is 0 Å². The lowest BCUT2D eigenvalue weighted by molar-refractivity contribution is 0.0878. The van der Waals surface area contributed by atoms with Crippen molar-refractivity contribution >= 4 is 0 Å². The van der Waals surface area contributed by atoms with E-state index in [-0.39, 0.29) is 6.10 Å². The SMILES string of the molecule is COc1cc(C)c(C(O)C2CCNCC2)c(C)c1. The van der Waals surface area contributed by atoms with Crippen LogP contribution < -0.4 is 10.1 Å². The third kappa shape index (κ3) is 2.68. The number of ether oxygens (including phenoxy) is 1. The van der Waals surface area contributed by atoms with Gasteiger partial charge in [0.05, 0.1) is 13.2 Å². The van der Waals surface area contributed by atoms with Gasteiger partial charge in [0, 0.05) is 0 Å². The van der Waals surface area contributed by atoms with Crippen molar-refractivity contribution in [2.45, 2.75) is 32.8 Å². The van der Waals surface area contributed by atoms with Gasteiger partial charge in [0.25, 0.3) is 0 Å². The van der Waals surface area contributed by atoms with Crippen molar-refractivity contribution in [3.63, 3.8) is 0 Å². The van der Waals surface area contributed by atoms with Crippen LogP contribution in [0.1, 0.15) is 35.6 Å². The molecule has 1 fully saturated rings. The van der Waals surface area contributed by atoms with Crippen LogP contribution in [0.25, 0.3) is 0 Å². The number of rotatable bonds is 3. The highest BCUT2D eigenvalue weighted by Gasteiger charge is 2.25. The molecule has 0 spiro atoms. The topological polar surface area (TPSA) is 41.5 Å². The molecule has 1 aliphatic heterocycles. The Balaban J connectivity index is 2.26. The van der Waals surface area contributed by atoms with Crippen molar-refractivity contribution in [1.29, 1.82) is 0 Å². The summed E-state index contributed by atoms with van der Waals surface area (Å²) in [6.45, 7) is 6.12. The van der Waals surface area contributed by atoms with Crippen LogP contribution in [-0.2, 0) is 0 Å². The number of piperidine rings is 1. The highest BCUT2D eigenvalue weighted by atomic mass is 16.5. The van der Waals surface area contributed by atoms with Crippen molar-refractivity contribution in [2.75, 3.05) is 20.2 Å². The number of methoxy groups -OCH3 is 1. The van der Waals surface area contributed by atoms with Crippen LogP contribution in [0, 0.1) is 19.8 Å².